The van der Waals surface area contributed by atoms with Crippen molar-refractivity contribution in [1.82, 2.24) is 9.46 Å². The van der Waals surface area contributed by atoms with Gasteiger partial charge in [-0.1, -0.05) is 5.16 Å². The van der Waals surface area contributed by atoms with Crippen molar-refractivity contribution >= 4 is 10.0 Å². The van der Waals surface area contributed by atoms with Gasteiger partial charge in [0.05, 0.1) is 12.2 Å². The van der Waals surface area contributed by atoms with Gasteiger partial charge in [0.15, 0.2) is 5.76 Å². The minimum absolute atomic E-state index is 0.0128. The molecule has 2 atom stereocenters. The van der Waals surface area contributed by atoms with Crippen LogP contribution < -0.4 is 0 Å². The van der Waals surface area contributed by atoms with Crippen molar-refractivity contribution in [3.05, 3.63) is 11.5 Å². The largest absolute Gasteiger partial charge is 0.389 e. The summed E-state index contributed by atoms with van der Waals surface area (Å²) in [7, 11) is -3.77. The van der Waals surface area contributed by atoms with Crippen LogP contribution in [-0.4, -0.2) is 53.4 Å². The maximum atomic E-state index is 12.2. The number of hydrogen-bond donors (Lipinski definition) is 2. The fourth-order valence-electron chi connectivity index (χ4n) is 1.90. The Kier molecular flexibility index (Phi) is 2.98. The number of aromatic nitrogens is 1. The summed E-state index contributed by atoms with van der Waals surface area (Å²) < 4.78 is 30.3. The number of β-amino-alcohol motifs (C(OH)–C–C–N with tert-alkyl or cyclic N) is 2. The van der Waals surface area contributed by atoms with Crippen molar-refractivity contribution in [2.45, 2.75) is 31.0 Å². The van der Waals surface area contributed by atoms with E-state index in [0.29, 0.717) is 0 Å². The van der Waals surface area contributed by atoms with Crippen molar-refractivity contribution in [1.29, 1.82) is 0 Å². The molecule has 8 heteroatoms. The minimum atomic E-state index is -3.77. The third-order valence-electron chi connectivity index (χ3n) is 2.79. The molecule has 2 N–H and O–H groups in total. The van der Waals surface area contributed by atoms with Crippen molar-refractivity contribution in [3.8, 4) is 0 Å². The molecule has 2 heterocycles. The summed E-state index contributed by atoms with van der Waals surface area (Å²) in [6, 6.07) is 0. The first kappa shape index (κ1) is 12.5. The van der Waals surface area contributed by atoms with Crippen molar-refractivity contribution in [2.75, 3.05) is 13.1 Å². The summed E-state index contributed by atoms with van der Waals surface area (Å²) in [5, 5.41) is 22.3. The first-order valence-electron chi connectivity index (χ1n) is 5.13. The highest BCUT2D eigenvalue weighted by atomic mass is 32.2. The highest BCUT2D eigenvalue weighted by Crippen LogP contribution is 2.26. The molecule has 1 saturated heterocycles. The van der Waals surface area contributed by atoms with Gasteiger partial charge in [-0.2, -0.15) is 4.31 Å². The van der Waals surface area contributed by atoms with Gasteiger partial charge < -0.3 is 14.7 Å². The minimum Gasteiger partial charge on any atom is -0.389 e. The zero-order valence-electron chi connectivity index (χ0n) is 9.49. The predicted octanol–water partition coefficient (Wildman–Crippen LogP) is -0.982. The molecular formula is C9H14N2O5S. The third-order valence-corrected chi connectivity index (χ3v) is 4.87. The zero-order chi connectivity index (χ0) is 12.8. The lowest BCUT2D eigenvalue weighted by molar-refractivity contribution is 0.0572. The summed E-state index contributed by atoms with van der Waals surface area (Å²) in [6.45, 7) is 2.81. The van der Waals surface area contributed by atoms with Crippen LogP contribution in [0.15, 0.2) is 9.42 Å². The van der Waals surface area contributed by atoms with Gasteiger partial charge in [0.1, 0.15) is 10.6 Å². The van der Waals surface area contributed by atoms with Gasteiger partial charge in [-0.3, -0.25) is 0 Å². The Labute approximate surface area is 98.7 Å². The summed E-state index contributed by atoms with van der Waals surface area (Å²) in [5.74, 6) is 0.207. The molecule has 0 spiro atoms. The molecule has 1 aliphatic rings. The van der Waals surface area contributed by atoms with Gasteiger partial charge in [-0.25, -0.2) is 8.42 Å². The van der Waals surface area contributed by atoms with Crippen LogP contribution in [0, 0.1) is 13.8 Å². The standard InChI is InChI=1S/C9H14N2O5S/c1-5-9(6(2)16-10-5)17(14,15)11-3-7(12)8(13)4-11/h7-8,12-13H,3-4H2,1-2H3/t7-,8+. The average Bonchev–Trinajstić information content (AvgIpc) is 2.72. The molecule has 0 radical (unpaired) electrons. The zero-order valence-corrected chi connectivity index (χ0v) is 10.3. The molecule has 1 aliphatic heterocycles. The van der Waals surface area contributed by atoms with Crippen LogP contribution >= 0.6 is 0 Å². The normalized spacial score (nSPS) is 26.6. The number of aliphatic hydroxyl groups excluding tert-OH is 2. The molecule has 0 aromatic carbocycles. The fraction of sp³-hybridized carbons (Fsp3) is 0.667. The molecule has 17 heavy (non-hydrogen) atoms. The third kappa shape index (κ3) is 1.97. The molecule has 0 saturated carbocycles. The van der Waals surface area contributed by atoms with Crippen LogP contribution in [0.2, 0.25) is 0 Å². The second-order valence-electron chi connectivity index (χ2n) is 4.11. The maximum Gasteiger partial charge on any atom is 0.248 e. The van der Waals surface area contributed by atoms with Crippen molar-refractivity contribution < 1.29 is 23.2 Å². The number of aryl methyl sites for hydroxylation is 2. The molecule has 1 aromatic rings. The summed E-state index contributed by atoms with van der Waals surface area (Å²) in [6.07, 6.45) is -2.10. The Balaban J connectivity index is 2.39. The topological polar surface area (TPSA) is 104 Å². The van der Waals surface area contributed by atoms with E-state index in [4.69, 9.17) is 4.52 Å². The fourth-order valence-corrected chi connectivity index (χ4v) is 3.67. The van der Waals surface area contributed by atoms with Crippen LogP contribution in [0.3, 0.4) is 0 Å². The van der Waals surface area contributed by atoms with Crippen LogP contribution in [0.25, 0.3) is 0 Å². The molecule has 2 rings (SSSR count). The van der Waals surface area contributed by atoms with Crippen LogP contribution in [-0.2, 0) is 10.0 Å². The lowest BCUT2D eigenvalue weighted by Gasteiger charge is -2.14. The molecule has 1 fully saturated rings. The second-order valence-corrected chi connectivity index (χ2v) is 5.98. The second kappa shape index (κ2) is 4.05. The SMILES string of the molecule is Cc1noc(C)c1S(=O)(=O)N1C[C@@H](O)[C@@H](O)C1. The number of aliphatic hydroxyl groups is 2. The molecule has 7 nitrogen and oxygen atoms in total. The monoisotopic (exact) mass is 262 g/mol. The Morgan fingerprint density at radius 2 is 1.82 bits per heavy atom. The van der Waals surface area contributed by atoms with E-state index in [1.165, 1.54) is 13.8 Å². The van der Waals surface area contributed by atoms with Crippen LogP contribution in [0.5, 0.6) is 0 Å². The van der Waals surface area contributed by atoms with Crippen LogP contribution in [0.4, 0.5) is 0 Å². The smallest absolute Gasteiger partial charge is 0.248 e. The number of hydrogen-bond acceptors (Lipinski definition) is 6. The van der Waals surface area contributed by atoms with E-state index in [1.54, 1.807) is 0 Å². The summed E-state index contributed by atoms with van der Waals surface area (Å²) >= 11 is 0. The predicted molar refractivity (Wildman–Crippen MR) is 56.7 cm³/mol. The quantitative estimate of drug-likeness (QED) is 0.709. The van der Waals surface area contributed by atoms with E-state index < -0.39 is 22.2 Å². The Morgan fingerprint density at radius 3 is 2.24 bits per heavy atom. The van der Waals surface area contributed by atoms with E-state index in [9.17, 15) is 18.6 Å². The van der Waals surface area contributed by atoms with Gasteiger partial charge in [-0.05, 0) is 13.8 Å². The highest BCUT2D eigenvalue weighted by molar-refractivity contribution is 7.89. The first-order valence-corrected chi connectivity index (χ1v) is 6.57. The molecule has 96 valence electrons. The van der Waals surface area contributed by atoms with E-state index in [-0.39, 0.29) is 29.4 Å². The van der Waals surface area contributed by atoms with Gasteiger partial charge in [0, 0.05) is 13.1 Å². The average molecular weight is 262 g/mol. The molecule has 0 unspecified atom stereocenters. The van der Waals surface area contributed by atoms with E-state index in [0.717, 1.165) is 4.31 Å². The van der Waals surface area contributed by atoms with E-state index >= 15 is 0 Å². The first-order chi connectivity index (χ1) is 7.84. The van der Waals surface area contributed by atoms with Gasteiger partial charge in [-0.15, -0.1) is 0 Å². The summed E-state index contributed by atoms with van der Waals surface area (Å²) in [4.78, 5) is 0.0128. The van der Waals surface area contributed by atoms with Gasteiger partial charge in [0.25, 0.3) is 0 Å². The molecule has 0 bridgehead atoms. The Bertz CT molecular complexity index is 494. The molecule has 0 amide bonds. The molecule has 1 aromatic heterocycles. The molecular weight excluding hydrogens is 248 g/mol. The van der Waals surface area contributed by atoms with Crippen molar-refractivity contribution in [3.63, 3.8) is 0 Å². The number of nitrogens with zero attached hydrogens (tertiary/aromatic N) is 2. The van der Waals surface area contributed by atoms with Gasteiger partial charge in [0.2, 0.25) is 10.0 Å². The Morgan fingerprint density at radius 1 is 1.29 bits per heavy atom. The van der Waals surface area contributed by atoms with E-state index in [1.807, 2.05) is 0 Å². The lowest BCUT2D eigenvalue weighted by atomic mass is 10.3. The van der Waals surface area contributed by atoms with Gasteiger partial charge >= 0.3 is 0 Å². The summed E-state index contributed by atoms with van der Waals surface area (Å²) in [5.41, 5.74) is 0.276. The number of sulfonamides is 1. The molecule has 0 aliphatic carbocycles. The van der Waals surface area contributed by atoms with Crippen molar-refractivity contribution in [2.24, 2.45) is 0 Å². The lowest BCUT2D eigenvalue weighted by Crippen LogP contribution is -2.30. The highest BCUT2D eigenvalue weighted by Gasteiger charge is 2.39. The van der Waals surface area contributed by atoms with Crippen LogP contribution in [0.1, 0.15) is 11.5 Å². The number of rotatable bonds is 2. The Hall–Kier alpha value is -0.960. The van der Waals surface area contributed by atoms with E-state index in [2.05, 4.69) is 5.16 Å². The maximum absolute atomic E-state index is 12.2.